The van der Waals surface area contributed by atoms with Crippen molar-refractivity contribution in [3.05, 3.63) is 39.9 Å². The highest BCUT2D eigenvalue weighted by Crippen LogP contribution is 2.16. The van der Waals surface area contributed by atoms with E-state index >= 15 is 0 Å². The highest BCUT2D eigenvalue weighted by Gasteiger charge is 2.09. The fourth-order valence-electron chi connectivity index (χ4n) is 0.830. The van der Waals surface area contributed by atoms with Crippen LogP contribution >= 0.6 is 0 Å². The quantitative estimate of drug-likeness (QED) is 0.539. The smallest absolute Gasteiger partial charge is 0.299 e. The third-order valence-electron chi connectivity index (χ3n) is 1.33. The number of carbonyl (C=O) groups is 1. The minimum absolute atomic E-state index is 0.0146. The minimum Gasteiger partial charge on any atom is -0.366 e. The number of hydrogen-bond acceptors (Lipinski definition) is 4. The average molecular weight is 182 g/mol. The summed E-state index contributed by atoms with van der Waals surface area (Å²) < 4.78 is 0. The molecule has 1 aromatic carbocycles. The summed E-state index contributed by atoms with van der Waals surface area (Å²) in [5, 5.41) is 8.98. The molecule has 2 N–H and O–H groups in total. The zero-order valence-electron chi connectivity index (χ0n) is 6.47. The molecule has 0 atom stereocenters. The van der Waals surface area contributed by atoms with E-state index in [2.05, 4.69) is 4.84 Å². The summed E-state index contributed by atoms with van der Waals surface area (Å²) >= 11 is 0. The maximum atomic E-state index is 10.7. The van der Waals surface area contributed by atoms with Crippen LogP contribution in [-0.4, -0.2) is 11.0 Å². The van der Waals surface area contributed by atoms with E-state index in [-0.39, 0.29) is 11.3 Å². The number of para-hydroxylation sites is 1. The molecule has 68 valence electrons. The second kappa shape index (κ2) is 3.53. The molecule has 0 bridgehead atoms. The molecule has 0 unspecified atom stereocenters. The van der Waals surface area contributed by atoms with E-state index in [4.69, 9.17) is 5.73 Å². The van der Waals surface area contributed by atoms with Crippen LogP contribution in [-0.2, 0) is 0 Å². The molecular formula is C7H6N2O4. The molecule has 0 aliphatic heterocycles. The van der Waals surface area contributed by atoms with Crippen molar-refractivity contribution < 1.29 is 14.7 Å². The van der Waals surface area contributed by atoms with Crippen LogP contribution in [0.15, 0.2) is 24.3 Å². The standard InChI is InChI=1S/C7H6N2O4/c8-7(10)5-3-1-2-4-6(5)13-9(11)12/h1-4H,(H2,8,10). The lowest BCUT2D eigenvalue weighted by atomic mass is 10.2. The van der Waals surface area contributed by atoms with Gasteiger partial charge in [-0.2, -0.15) is 0 Å². The highest BCUT2D eigenvalue weighted by molar-refractivity contribution is 5.95. The Hall–Kier alpha value is -2.11. The molecule has 0 spiro atoms. The van der Waals surface area contributed by atoms with Gasteiger partial charge in [-0.1, -0.05) is 12.1 Å². The SMILES string of the molecule is NC(=O)c1ccccc1O[N+](=O)[O-]. The van der Waals surface area contributed by atoms with Gasteiger partial charge in [0.05, 0.1) is 5.56 Å². The zero-order valence-corrected chi connectivity index (χ0v) is 6.47. The number of hydrogen-bond donors (Lipinski definition) is 1. The molecule has 0 aliphatic rings. The molecule has 0 heterocycles. The maximum absolute atomic E-state index is 10.7. The normalized spacial score (nSPS) is 9.23. The van der Waals surface area contributed by atoms with Crippen molar-refractivity contribution in [2.45, 2.75) is 0 Å². The first-order valence-electron chi connectivity index (χ1n) is 3.32. The fourth-order valence-corrected chi connectivity index (χ4v) is 0.830. The molecule has 0 saturated heterocycles. The zero-order chi connectivity index (χ0) is 9.84. The van der Waals surface area contributed by atoms with Crippen molar-refractivity contribution in [3.8, 4) is 5.75 Å². The molecule has 0 saturated carbocycles. The topological polar surface area (TPSA) is 95.5 Å². The Morgan fingerprint density at radius 1 is 1.46 bits per heavy atom. The molecule has 0 fully saturated rings. The molecule has 0 aliphatic carbocycles. The first-order valence-corrected chi connectivity index (χ1v) is 3.32. The van der Waals surface area contributed by atoms with E-state index in [0.29, 0.717) is 0 Å². The first kappa shape index (κ1) is 8.98. The predicted octanol–water partition coefficient (Wildman–Crippen LogP) is 0.356. The Bertz CT molecular complexity index is 350. The molecule has 0 aromatic heterocycles. The van der Waals surface area contributed by atoms with Gasteiger partial charge >= 0.3 is 0 Å². The number of nitrogens with two attached hydrogens (primary N) is 1. The second-order valence-electron chi connectivity index (χ2n) is 2.18. The van der Waals surface area contributed by atoms with E-state index in [1.54, 1.807) is 0 Å². The molecular weight excluding hydrogens is 176 g/mol. The van der Waals surface area contributed by atoms with Gasteiger partial charge in [0.15, 0.2) is 0 Å². The van der Waals surface area contributed by atoms with E-state index < -0.39 is 11.0 Å². The minimum atomic E-state index is -0.998. The number of benzene rings is 1. The van der Waals surface area contributed by atoms with E-state index in [0.717, 1.165) is 0 Å². The van der Waals surface area contributed by atoms with Gasteiger partial charge in [-0.3, -0.25) is 9.63 Å². The second-order valence-corrected chi connectivity index (χ2v) is 2.18. The summed E-state index contributed by atoms with van der Waals surface area (Å²) in [6, 6.07) is 5.68. The van der Waals surface area contributed by atoms with Crippen LogP contribution in [0.3, 0.4) is 0 Å². The van der Waals surface area contributed by atoms with Crippen LogP contribution < -0.4 is 10.6 Å². The Morgan fingerprint density at radius 3 is 2.62 bits per heavy atom. The summed E-state index contributed by atoms with van der Waals surface area (Å²) in [5.41, 5.74) is 4.93. The molecule has 1 rings (SSSR count). The lowest BCUT2D eigenvalue weighted by Crippen LogP contribution is -2.14. The van der Waals surface area contributed by atoms with Crippen LogP contribution in [0.4, 0.5) is 0 Å². The first-order chi connectivity index (χ1) is 6.11. The largest absolute Gasteiger partial charge is 0.366 e. The average Bonchev–Trinajstić information content (AvgIpc) is 2.03. The molecule has 6 nitrogen and oxygen atoms in total. The van der Waals surface area contributed by atoms with Gasteiger partial charge in [-0.25, -0.2) is 0 Å². The van der Waals surface area contributed by atoms with Gasteiger partial charge in [0.25, 0.3) is 11.0 Å². The lowest BCUT2D eigenvalue weighted by Gasteiger charge is -2.02. The summed E-state index contributed by atoms with van der Waals surface area (Å²) in [7, 11) is 0. The van der Waals surface area contributed by atoms with Crippen molar-refractivity contribution >= 4 is 5.91 Å². The van der Waals surface area contributed by atoms with E-state index in [1.165, 1.54) is 24.3 Å². The van der Waals surface area contributed by atoms with Crippen molar-refractivity contribution in [1.82, 2.24) is 0 Å². The molecule has 13 heavy (non-hydrogen) atoms. The molecule has 0 radical (unpaired) electrons. The Morgan fingerprint density at radius 2 is 2.08 bits per heavy atom. The summed E-state index contributed by atoms with van der Waals surface area (Å²) in [4.78, 5) is 24.8. The monoisotopic (exact) mass is 182 g/mol. The fraction of sp³-hybridized carbons (Fsp3) is 0. The van der Waals surface area contributed by atoms with Crippen molar-refractivity contribution in [3.63, 3.8) is 0 Å². The summed E-state index contributed by atoms with van der Waals surface area (Å²) in [6.07, 6.45) is 0. The maximum Gasteiger partial charge on any atom is 0.299 e. The van der Waals surface area contributed by atoms with Crippen molar-refractivity contribution in [2.24, 2.45) is 5.73 Å². The number of carbonyl (C=O) groups excluding carboxylic acids is 1. The van der Waals surface area contributed by atoms with Gasteiger partial charge in [0.1, 0.15) is 5.75 Å². The molecule has 1 aromatic rings. The number of rotatable bonds is 3. The lowest BCUT2D eigenvalue weighted by molar-refractivity contribution is -0.711. The molecule has 6 heteroatoms. The molecule has 1 amide bonds. The van der Waals surface area contributed by atoms with Gasteiger partial charge in [0, 0.05) is 0 Å². The Labute approximate surface area is 73.0 Å². The third-order valence-corrected chi connectivity index (χ3v) is 1.33. The van der Waals surface area contributed by atoms with Gasteiger partial charge < -0.3 is 5.73 Å². The van der Waals surface area contributed by atoms with Crippen LogP contribution in [0.25, 0.3) is 0 Å². The number of primary amides is 1. The number of amides is 1. The van der Waals surface area contributed by atoms with Crippen LogP contribution in [0.5, 0.6) is 5.75 Å². The van der Waals surface area contributed by atoms with Gasteiger partial charge in [0.2, 0.25) is 0 Å². The Kier molecular flexibility index (Phi) is 2.44. The Balaban J connectivity index is 3.04. The predicted molar refractivity (Wildman–Crippen MR) is 42.6 cm³/mol. The number of nitrogens with zero attached hydrogens (tertiary/aromatic N) is 1. The summed E-state index contributed by atoms with van der Waals surface area (Å²) in [6.45, 7) is 0. The van der Waals surface area contributed by atoms with Crippen LogP contribution in [0.2, 0.25) is 0 Å². The van der Waals surface area contributed by atoms with E-state index in [9.17, 15) is 14.9 Å². The third kappa shape index (κ3) is 2.16. The van der Waals surface area contributed by atoms with Crippen molar-refractivity contribution in [2.75, 3.05) is 0 Å². The summed E-state index contributed by atoms with van der Waals surface area (Å²) in [5.74, 6) is -0.919. The van der Waals surface area contributed by atoms with Crippen molar-refractivity contribution in [1.29, 1.82) is 0 Å². The van der Waals surface area contributed by atoms with E-state index in [1.807, 2.05) is 0 Å². The van der Waals surface area contributed by atoms with Crippen LogP contribution in [0, 0.1) is 10.1 Å². The highest BCUT2D eigenvalue weighted by atomic mass is 17.0. The van der Waals surface area contributed by atoms with Gasteiger partial charge in [-0.05, 0) is 12.1 Å². The van der Waals surface area contributed by atoms with Gasteiger partial charge in [-0.15, -0.1) is 10.1 Å². The van der Waals surface area contributed by atoms with Crippen LogP contribution in [0.1, 0.15) is 10.4 Å².